The molecule has 5 heterocycles. The molecule has 2 aromatic rings. The number of hydrogen-bond donors (Lipinski definition) is 3. The molecule has 10 atom stereocenters. The molecule has 32 nitrogen and oxygen atoms in total. The van der Waals surface area contributed by atoms with Crippen LogP contribution in [0.2, 0.25) is 0 Å². The molecule has 648 valence electrons. The molecule has 116 heavy (non-hydrogen) atoms. The maximum absolute atomic E-state index is 12.8. The lowest BCUT2D eigenvalue weighted by atomic mass is 10.2. The molecule has 4 N–H and O–H groups in total. The Morgan fingerprint density at radius 3 is 0.983 bits per heavy atom. The van der Waals surface area contributed by atoms with Gasteiger partial charge in [-0.05, 0) is 236 Å². The van der Waals surface area contributed by atoms with Crippen LogP contribution in [0.3, 0.4) is 0 Å². The predicted octanol–water partition coefficient (Wildman–Crippen LogP) is 13.5. The van der Waals surface area contributed by atoms with Gasteiger partial charge in [0.25, 0.3) is 0 Å². The molecule has 5 saturated heterocycles. The van der Waals surface area contributed by atoms with E-state index in [0.717, 1.165) is 114 Å². The number of likely N-dealkylation sites (tertiary alicyclic amines) is 5. The smallest absolute Gasteiger partial charge is 0.411 e. The van der Waals surface area contributed by atoms with Crippen molar-refractivity contribution in [2.45, 2.75) is 365 Å². The summed E-state index contributed by atoms with van der Waals surface area (Å²) in [6.07, 6.45) is 13.2. The van der Waals surface area contributed by atoms with Crippen LogP contribution in [0.4, 0.5) is 24.0 Å². The van der Waals surface area contributed by atoms with Gasteiger partial charge in [-0.15, -0.1) is 0 Å². The van der Waals surface area contributed by atoms with Crippen LogP contribution in [-0.2, 0) is 89.3 Å². The van der Waals surface area contributed by atoms with Crippen molar-refractivity contribution >= 4 is 60.3 Å². The number of aliphatic hydroxyl groups excluding tert-OH is 1. The second kappa shape index (κ2) is 43.1. The van der Waals surface area contributed by atoms with Gasteiger partial charge in [-0.3, -0.25) is 24.5 Å². The molecule has 32 heteroatoms. The Balaban J connectivity index is 0.000000201. The topological polar surface area (TPSA) is 404 Å². The van der Waals surface area contributed by atoms with Crippen LogP contribution < -0.4 is 5.73 Å². The monoisotopic (exact) mass is 1630 g/mol. The fourth-order valence-electron chi connectivity index (χ4n) is 14.8. The predicted molar refractivity (Wildman–Crippen MR) is 425 cm³/mol. The van der Waals surface area contributed by atoms with Gasteiger partial charge in [0.1, 0.15) is 82.6 Å². The molecule has 0 aromatic heterocycles. The minimum Gasteiger partial charge on any atom is -0.480 e. The summed E-state index contributed by atoms with van der Waals surface area (Å²) in [4.78, 5) is 132. The summed E-state index contributed by atoms with van der Waals surface area (Å²) in [6.45, 7) is 28.7. The van der Waals surface area contributed by atoms with Crippen LogP contribution in [0.5, 0.6) is 0 Å². The SMILES string of the molecule is CC(C)(C)OC(=O)N1C[C@@H](N)C[C@H]1C(=O)OC1CCCC1.CC(C)(C)OC(=O)N1C[C@@H](N=[N+]=[N-])C[C@H]1C(=O)OC1CCCC1.CC(C)(C)OC(=O)N1C[C@H](O)C[C@H]1C(=O)OC1CCCC1.CC(C)(C)OC(=O)N1C[C@H](OCc2ccccc2)C[C@H]1C(=O)O.CC(C)(C)OC(=O)N1C[C@H](OCc2ccccc2)C[C@H]1C(=O)OC1CCCC1. The quantitative estimate of drug-likeness (QED) is 0.0462. The molecular weight excluding hydrogens is 1500 g/mol. The van der Waals surface area contributed by atoms with Crippen molar-refractivity contribution in [1.82, 2.24) is 24.5 Å². The van der Waals surface area contributed by atoms with Crippen LogP contribution in [0, 0.1) is 0 Å². The fraction of sp³-hybridized carbons (Fsp3) is 0.738. The molecule has 9 aliphatic rings. The Kier molecular flexibility index (Phi) is 35.1. The van der Waals surface area contributed by atoms with Gasteiger partial charge in [-0.1, -0.05) is 65.8 Å². The minimum absolute atomic E-state index is 0.00480. The molecule has 9 fully saturated rings. The van der Waals surface area contributed by atoms with Gasteiger partial charge in [-0.25, -0.2) is 47.9 Å². The van der Waals surface area contributed by atoms with E-state index in [2.05, 4.69) is 10.0 Å². The molecular formula is C84H129N9O23. The zero-order valence-corrected chi connectivity index (χ0v) is 70.8. The van der Waals surface area contributed by atoms with E-state index in [0.29, 0.717) is 39.1 Å². The summed E-state index contributed by atoms with van der Waals surface area (Å²) in [5.74, 6) is -2.59. The number of benzene rings is 2. The largest absolute Gasteiger partial charge is 0.480 e. The second-order valence-corrected chi connectivity index (χ2v) is 36.2. The zero-order valence-electron chi connectivity index (χ0n) is 70.8. The van der Waals surface area contributed by atoms with Crippen molar-refractivity contribution in [3.05, 3.63) is 82.2 Å². The Hall–Kier alpha value is -8.71. The minimum atomic E-state index is -1.04. The molecule has 0 unspecified atom stereocenters. The number of amides is 5. The third kappa shape index (κ3) is 32.0. The highest BCUT2D eigenvalue weighted by Crippen LogP contribution is 2.34. The van der Waals surface area contributed by atoms with Crippen molar-refractivity contribution in [3.8, 4) is 0 Å². The Bertz CT molecular complexity index is 3510. The highest BCUT2D eigenvalue weighted by atomic mass is 16.6. The van der Waals surface area contributed by atoms with Gasteiger partial charge in [0.15, 0.2) is 0 Å². The van der Waals surface area contributed by atoms with Crippen LogP contribution in [0.1, 0.15) is 250 Å². The summed E-state index contributed by atoms with van der Waals surface area (Å²) in [7, 11) is 0. The Morgan fingerprint density at radius 1 is 0.388 bits per heavy atom. The lowest BCUT2D eigenvalue weighted by Crippen LogP contribution is -2.44. The summed E-state index contributed by atoms with van der Waals surface area (Å²) in [5, 5.41) is 22.7. The van der Waals surface area contributed by atoms with Crippen LogP contribution in [-0.4, -0.2) is 241 Å². The fourth-order valence-corrected chi connectivity index (χ4v) is 14.8. The molecule has 11 rings (SSSR count). The number of carboxylic acid groups (broad SMARTS) is 1. The Labute approximate surface area is 682 Å². The molecule has 0 radical (unpaired) electrons. The van der Waals surface area contributed by atoms with Crippen molar-refractivity contribution < 1.29 is 110 Å². The lowest BCUT2D eigenvalue weighted by Gasteiger charge is -2.28. The van der Waals surface area contributed by atoms with Gasteiger partial charge in [0, 0.05) is 43.3 Å². The van der Waals surface area contributed by atoms with Crippen LogP contribution in [0.25, 0.3) is 10.4 Å². The highest BCUT2D eigenvalue weighted by molar-refractivity contribution is 5.85. The number of hydrogen-bond acceptors (Lipinski definition) is 24. The van der Waals surface area contributed by atoms with E-state index in [1.165, 1.54) is 24.5 Å². The molecule has 5 aliphatic heterocycles. The molecule has 4 aliphatic carbocycles. The number of nitrogens with two attached hydrogens (primary N) is 1. The number of aliphatic hydroxyl groups is 1. The van der Waals surface area contributed by atoms with Gasteiger partial charge >= 0.3 is 60.3 Å². The van der Waals surface area contributed by atoms with E-state index in [1.807, 2.05) is 81.4 Å². The standard InChI is InChI=1S/C22H31NO5.C17H23NO5.C15H24N4O4.C15H26N2O4.C15H25NO5/c1-22(2,3)28-21(25)23-14-18(26-15-16-9-5-4-6-10-16)13-19(23)20(24)27-17-11-7-8-12-17;1-17(2,3)23-16(21)18-10-13(9-14(18)15(19)20)22-11-12-7-5-4-6-8-12;1-15(2,3)23-14(21)19-9-10(17-18-16)8-12(19)13(20)22-11-6-4-5-7-11;1-15(2,3)21-14(19)17-9-10(16)8-12(17)13(18)20-11-6-4-5-7-11;1-15(2,3)21-14(19)16-9-10(17)8-12(16)13(18)20-11-6-4-5-7-11/h4-6,9-10,17-19H,7-8,11-15H2,1-3H3;4-8,13-14H,9-11H2,1-3H3,(H,19,20);10-12H,4-9H2,1-3H3;10-12H,4-9,16H2,1-3H3;10-12,17H,4-9H2,1-3H3/t18-,19+;13-,14+;2*10-,12-;10-,12+/m11001/s1. The van der Waals surface area contributed by atoms with Gasteiger partial charge in [0.2, 0.25) is 0 Å². The van der Waals surface area contributed by atoms with Crippen LogP contribution in [0.15, 0.2) is 65.8 Å². The van der Waals surface area contributed by atoms with Crippen molar-refractivity contribution in [2.75, 3.05) is 32.7 Å². The third-order valence-corrected chi connectivity index (χ3v) is 20.1. The average molecular weight is 1630 g/mol. The number of ether oxygens (including phenoxy) is 11. The van der Waals surface area contributed by atoms with Gasteiger partial charge in [0.05, 0.1) is 57.2 Å². The first-order valence-electron chi connectivity index (χ1n) is 41.2. The van der Waals surface area contributed by atoms with E-state index in [9.17, 15) is 58.2 Å². The maximum Gasteiger partial charge on any atom is 0.411 e. The molecule has 4 saturated carbocycles. The van der Waals surface area contributed by atoms with Gasteiger partial charge < -0.3 is 68.1 Å². The highest BCUT2D eigenvalue weighted by Gasteiger charge is 2.48. The number of aliphatic carboxylic acids is 1. The average Bonchev–Trinajstić information content (AvgIpc) is 1.69. The molecule has 0 bridgehead atoms. The molecule has 2 aromatic carbocycles. The summed E-state index contributed by atoms with van der Waals surface area (Å²) in [6, 6.07) is 15.2. The Morgan fingerprint density at radius 2 is 0.664 bits per heavy atom. The number of esters is 4. The van der Waals surface area contributed by atoms with E-state index in [4.69, 9.17) is 63.4 Å². The number of carboxylic acids is 1. The third-order valence-electron chi connectivity index (χ3n) is 20.1. The lowest BCUT2D eigenvalue weighted by molar-refractivity contribution is -0.154. The molecule has 5 amide bonds. The number of nitrogens with zero attached hydrogens (tertiary/aromatic N) is 8. The van der Waals surface area contributed by atoms with E-state index in [-0.39, 0.29) is 93.5 Å². The van der Waals surface area contributed by atoms with Gasteiger partial charge in [-0.2, -0.15) is 0 Å². The second-order valence-electron chi connectivity index (χ2n) is 36.2. The number of β-amino-alcohol motifs (C(OH)–C–C–N with tert-alkyl or cyclic N) is 1. The van der Waals surface area contributed by atoms with Crippen molar-refractivity contribution in [2.24, 2.45) is 10.8 Å². The van der Waals surface area contributed by atoms with Crippen LogP contribution >= 0.6 is 0 Å². The summed E-state index contributed by atoms with van der Waals surface area (Å²) >= 11 is 0. The first-order chi connectivity index (χ1) is 54.4. The number of carbonyl (C=O) groups is 10. The van der Waals surface area contributed by atoms with E-state index >= 15 is 0 Å². The first kappa shape index (κ1) is 94.4. The maximum atomic E-state index is 12.8. The summed E-state index contributed by atoms with van der Waals surface area (Å²) in [5.41, 5.74) is 13.4. The number of carbonyl (C=O) groups excluding carboxylic acids is 9. The van der Waals surface area contributed by atoms with E-state index in [1.54, 1.807) is 83.1 Å². The summed E-state index contributed by atoms with van der Waals surface area (Å²) < 4.78 is 60.7. The zero-order chi connectivity index (χ0) is 85.5. The first-order valence-corrected chi connectivity index (χ1v) is 41.2. The number of rotatable bonds is 16. The van der Waals surface area contributed by atoms with Crippen molar-refractivity contribution in [3.63, 3.8) is 0 Å². The van der Waals surface area contributed by atoms with E-state index < -0.39 is 119 Å². The normalized spacial score (nSPS) is 24.5. The number of azide groups is 1. The molecule has 0 spiro atoms. The van der Waals surface area contributed by atoms with Crippen molar-refractivity contribution in [1.29, 1.82) is 0 Å².